The number of sulfonamides is 1. The molecule has 184 valence electrons. The highest BCUT2D eigenvalue weighted by Gasteiger charge is 2.40. The van der Waals surface area contributed by atoms with Crippen LogP contribution in [0, 0.1) is 0 Å². The average molecular weight is 488 g/mol. The minimum absolute atomic E-state index is 0.0946. The first-order valence-electron chi connectivity index (χ1n) is 11.8. The van der Waals surface area contributed by atoms with Crippen LogP contribution in [0.15, 0.2) is 59.5 Å². The Kier molecular flexibility index (Phi) is 7.57. The smallest absolute Gasteiger partial charge is 0.243 e. The van der Waals surface area contributed by atoms with Crippen molar-refractivity contribution in [3.8, 4) is 5.75 Å². The lowest BCUT2D eigenvalue weighted by Crippen LogP contribution is -2.58. The van der Waals surface area contributed by atoms with Crippen molar-refractivity contribution in [1.29, 1.82) is 0 Å². The van der Waals surface area contributed by atoms with Crippen molar-refractivity contribution in [3.05, 3.63) is 54.6 Å². The van der Waals surface area contributed by atoms with Gasteiger partial charge in [0, 0.05) is 31.9 Å². The van der Waals surface area contributed by atoms with Crippen molar-refractivity contribution in [2.24, 2.45) is 0 Å². The molecule has 1 amide bonds. The van der Waals surface area contributed by atoms with Crippen LogP contribution in [0.3, 0.4) is 0 Å². The van der Waals surface area contributed by atoms with Crippen LogP contribution < -0.4 is 10.1 Å². The second-order valence-electron chi connectivity index (χ2n) is 9.32. The Morgan fingerprint density at radius 1 is 1.09 bits per heavy atom. The SMILES string of the molecule is C[C@]1(O)CN(CC(=O)Nc2cccc(S(=O)(=O)N3CCCCC3)c2)CC[C@@H]1Oc1ccccc1. The highest BCUT2D eigenvalue weighted by molar-refractivity contribution is 7.89. The molecule has 2 N–H and O–H groups in total. The van der Waals surface area contributed by atoms with Gasteiger partial charge in [-0.05, 0) is 56.5 Å². The monoisotopic (exact) mass is 487 g/mol. The zero-order valence-corrected chi connectivity index (χ0v) is 20.3. The van der Waals surface area contributed by atoms with Crippen LogP contribution in [-0.2, 0) is 14.8 Å². The number of aliphatic hydroxyl groups is 1. The molecule has 2 aliphatic rings. The highest BCUT2D eigenvalue weighted by atomic mass is 32.2. The largest absolute Gasteiger partial charge is 0.487 e. The van der Waals surface area contributed by atoms with Crippen LogP contribution in [0.5, 0.6) is 5.75 Å². The van der Waals surface area contributed by atoms with E-state index in [0.29, 0.717) is 44.0 Å². The van der Waals surface area contributed by atoms with Gasteiger partial charge in [-0.25, -0.2) is 8.42 Å². The number of nitrogens with one attached hydrogen (secondary N) is 1. The van der Waals surface area contributed by atoms with Gasteiger partial charge in [-0.2, -0.15) is 4.31 Å². The number of hydrogen-bond acceptors (Lipinski definition) is 6. The number of nitrogens with zero attached hydrogens (tertiary/aromatic N) is 2. The molecular weight excluding hydrogens is 454 g/mol. The molecule has 0 aliphatic carbocycles. The first kappa shape index (κ1) is 24.7. The van der Waals surface area contributed by atoms with Crippen LogP contribution in [0.25, 0.3) is 0 Å². The number of carbonyl (C=O) groups excluding carboxylic acids is 1. The topological polar surface area (TPSA) is 99.2 Å². The third-order valence-corrected chi connectivity index (χ3v) is 8.30. The number of carbonyl (C=O) groups is 1. The Bertz CT molecular complexity index is 1080. The number of benzene rings is 2. The fraction of sp³-hybridized carbons (Fsp3) is 0.480. The lowest BCUT2D eigenvalue weighted by molar-refractivity contribution is -0.123. The van der Waals surface area contributed by atoms with Crippen molar-refractivity contribution in [1.82, 2.24) is 9.21 Å². The van der Waals surface area contributed by atoms with Crippen LogP contribution in [-0.4, -0.2) is 73.1 Å². The van der Waals surface area contributed by atoms with Gasteiger partial charge in [-0.15, -0.1) is 0 Å². The van der Waals surface area contributed by atoms with E-state index in [9.17, 15) is 18.3 Å². The third kappa shape index (κ3) is 5.96. The highest BCUT2D eigenvalue weighted by Crippen LogP contribution is 2.27. The second-order valence-corrected chi connectivity index (χ2v) is 11.3. The predicted molar refractivity (Wildman–Crippen MR) is 130 cm³/mol. The van der Waals surface area contributed by atoms with Gasteiger partial charge in [-0.3, -0.25) is 9.69 Å². The zero-order chi connectivity index (χ0) is 24.2. The van der Waals surface area contributed by atoms with Crippen LogP contribution >= 0.6 is 0 Å². The molecule has 8 nitrogen and oxygen atoms in total. The zero-order valence-electron chi connectivity index (χ0n) is 19.5. The van der Waals surface area contributed by atoms with E-state index in [1.807, 2.05) is 35.2 Å². The summed E-state index contributed by atoms with van der Waals surface area (Å²) in [5.41, 5.74) is -0.672. The minimum atomic E-state index is -3.57. The molecule has 0 spiro atoms. The van der Waals surface area contributed by atoms with Crippen LogP contribution in [0.1, 0.15) is 32.6 Å². The number of likely N-dealkylation sites (tertiary alicyclic amines) is 1. The van der Waals surface area contributed by atoms with Crippen molar-refractivity contribution in [2.75, 3.05) is 38.0 Å². The van der Waals surface area contributed by atoms with E-state index in [-0.39, 0.29) is 23.5 Å². The van der Waals surface area contributed by atoms with Crippen molar-refractivity contribution < 1.29 is 23.1 Å². The molecule has 0 bridgehead atoms. The molecule has 34 heavy (non-hydrogen) atoms. The van der Waals surface area contributed by atoms with E-state index in [1.54, 1.807) is 25.1 Å². The van der Waals surface area contributed by atoms with Crippen LogP contribution in [0.4, 0.5) is 5.69 Å². The lowest BCUT2D eigenvalue weighted by atomic mass is 9.91. The normalized spacial score (nSPS) is 24.5. The fourth-order valence-corrected chi connectivity index (χ4v) is 6.18. The standard InChI is InChI=1S/C25H33N3O5S/c1-25(30)19-27(16-13-23(25)33-21-10-4-2-5-11-21)18-24(29)26-20-9-8-12-22(17-20)34(31,32)28-14-6-3-7-15-28/h2,4-5,8-12,17,23,30H,3,6-7,13-16,18-19H2,1H3,(H,26,29)/t23-,25-/m0/s1. The Morgan fingerprint density at radius 3 is 2.53 bits per heavy atom. The molecule has 0 aromatic heterocycles. The molecule has 2 aliphatic heterocycles. The second kappa shape index (κ2) is 10.4. The maximum atomic E-state index is 12.9. The van der Waals surface area contributed by atoms with Gasteiger partial charge in [0.05, 0.1) is 11.4 Å². The molecule has 9 heteroatoms. The van der Waals surface area contributed by atoms with E-state index < -0.39 is 15.6 Å². The number of para-hydroxylation sites is 1. The van der Waals surface area contributed by atoms with Gasteiger partial charge in [0.15, 0.2) is 0 Å². The maximum Gasteiger partial charge on any atom is 0.243 e. The summed E-state index contributed by atoms with van der Waals surface area (Å²) >= 11 is 0. The summed E-state index contributed by atoms with van der Waals surface area (Å²) in [6.45, 7) is 3.77. The number of anilines is 1. The molecule has 2 saturated heterocycles. The van der Waals surface area contributed by atoms with Gasteiger partial charge < -0.3 is 15.2 Å². The summed E-state index contributed by atoms with van der Waals surface area (Å²) in [5.74, 6) is 0.448. The van der Waals surface area contributed by atoms with E-state index in [4.69, 9.17) is 4.74 Å². The molecule has 2 heterocycles. The molecule has 2 aromatic carbocycles. The molecule has 2 aromatic rings. The summed E-state index contributed by atoms with van der Waals surface area (Å²) in [6, 6.07) is 15.8. The molecule has 2 atom stereocenters. The quantitative estimate of drug-likeness (QED) is 0.623. The Hall–Kier alpha value is -2.46. The van der Waals surface area contributed by atoms with Gasteiger partial charge in [-0.1, -0.05) is 30.7 Å². The number of piperidine rings is 2. The van der Waals surface area contributed by atoms with E-state index in [0.717, 1.165) is 19.3 Å². The summed E-state index contributed by atoms with van der Waals surface area (Å²) in [4.78, 5) is 14.8. The fourth-order valence-electron chi connectivity index (χ4n) is 4.62. The Morgan fingerprint density at radius 2 is 1.82 bits per heavy atom. The summed E-state index contributed by atoms with van der Waals surface area (Å²) in [6.07, 6.45) is 2.99. The Balaban J connectivity index is 1.34. The summed E-state index contributed by atoms with van der Waals surface area (Å²) in [5, 5.41) is 13.8. The minimum Gasteiger partial charge on any atom is -0.487 e. The van der Waals surface area contributed by atoms with Gasteiger partial charge >= 0.3 is 0 Å². The van der Waals surface area contributed by atoms with E-state index in [1.165, 1.54) is 10.4 Å². The first-order valence-corrected chi connectivity index (χ1v) is 13.2. The van der Waals surface area contributed by atoms with Gasteiger partial charge in [0.1, 0.15) is 17.5 Å². The summed E-state index contributed by atoms with van der Waals surface area (Å²) < 4.78 is 33.4. The summed E-state index contributed by atoms with van der Waals surface area (Å²) in [7, 11) is -3.57. The first-order chi connectivity index (χ1) is 16.2. The number of ether oxygens (including phenoxy) is 1. The third-order valence-electron chi connectivity index (χ3n) is 6.40. The van der Waals surface area contributed by atoms with Crippen molar-refractivity contribution in [3.63, 3.8) is 0 Å². The number of β-amino-alcohol motifs (C(OH)–C–C–N with tert-alkyl or cyclic N) is 1. The number of amides is 1. The molecule has 0 saturated carbocycles. The van der Waals surface area contributed by atoms with Gasteiger partial charge in [0.25, 0.3) is 0 Å². The molecule has 0 unspecified atom stereocenters. The Labute approximate surface area is 201 Å². The maximum absolute atomic E-state index is 12.9. The molecular formula is C25H33N3O5S. The van der Waals surface area contributed by atoms with Crippen molar-refractivity contribution in [2.45, 2.75) is 49.2 Å². The predicted octanol–water partition coefficient (Wildman–Crippen LogP) is 2.70. The van der Waals surface area contributed by atoms with E-state index in [2.05, 4.69) is 5.32 Å². The number of hydrogen-bond donors (Lipinski definition) is 2. The van der Waals surface area contributed by atoms with Crippen molar-refractivity contribution >= 4 is 21.6 Å². The average Bonchev–Trinajstić information content (AvgIpc) is 2.82. The van der Waals surface area contributed by atoms with Gasteiger partial charge in [0.2, 0.25) is 15.9 Å². The molecule has 2 fully saturated rings. The molecule has 4 rings (SSSR count). The lowest BCUT2D eigenvalue weighted by Gasteiger charge is -2.42. The molecule has 0 radical (unpaired) electrons. The number of rotatable bonds is 7. The van der Waals surface area contributed by atoms with E-state index >= 15 is 0 Å². The van der Waals surface area contributed by atoms with Crippen LogP contribution in [0.2, 0.25) is 0 Å².